The first-order chi connectivity index (χ1) is 12.2. The van der Waals surface area contributed by atoms with Gasteiger partial charge in [0.2, 0.25) is 5.95 Å². The fourth-order valence-corrected chi connectivity index (χ4v) is 3.33. The van der Waals surface area contributed by atoms with Crippen LogP contribution in [0.2, 0.25) is 5.02 Å². The molecule has 0 amide bonds. The number of aromatic nitrogens is 4. The Morgan fingerprint density at radius 2 is 1.68 bits per heavy atom. The summed E-state index contributed by atoms with van der Waals surface area (Å²) in [4.78, 5) is 22.3. The molecule has 0 bridgehead atoms. The van der Waals surface area contributed by atoms with Crippen molar-refractivity contribution in [2.45, 2.75) is 18.9 Å². The zero-order chi connectivity index (χ0) is 17.2. The van der Waals surface area contributed by atoms with Gasteiger partial charge in [-0.15, -0.1) is 0 Å². The molecule has 3 aromatic rings. The highest BCUT2D eigenvalue weighted by molar-refractivity contribution is 6.30. The highest BCUT2D eigenvalue weighted by atomic mass is 35.5. The molecule has 3 heterocycles. The summed E-state index contributed by atoms with van der Waals surface area (Å²) in [5, 5.41) is 0.557. The maximum absolute atomic E-state index is 5.87. The Balaban J connectivity index is 1.44. The van der Waals surface area contributed by atoms with Crippen LogP contribution in [-0.2, 0) is 0 Å². The third kappa shape index (κ3) is 3.35. The quantitative estimate of drug-likeness (QED) is 0.720. The van der Waals surface area contributed by atoms with E-state index in [9.17, 15) is 0 Å². The summed E-state index contributed by atoms with van der Waals surface area (Å²) < 4.78 is 0. The first kappa shape index (κ1) is 16.0. The van der Waals surface area contributed by atoms with Crippen molar-refractivity contribution in [2.24, 2.45) is 0 Å². The fourth-order valence-electron chi connectivity index (χ4n) is 3.23. The highest BCUT2D eigenvalue weighted by Crippen LogP contribution is 2.23. The number of hydrogen-bond donors (Lipinski definition) is 0. The van der Waals surface area contributed by atoms with Crippen LogP contribution in [0.15, 0.2) is 42.9 Å². The van der Waals surface area contributed by atoms with Crippen LogP contribution in [0.3, 0.4) is 0 Å². The van der Waals surface area contributed by atoms with Gasteiger partial charge in [-0.1, -0.05) is 23.7 Å². The number of anilines is 2. The van der Waals surface area contributed by atoms with Crippen molar-refractivity contribution in [1.82, 2.24) is 19.9 Å². The van der Waals surface area contributed by atoms with Crippen LogP contribution in [0, 0.1) is 0 Å². The molecule has 0 unspecified atom stereocenters. The lowest BCUT2D eigenvalue weighted by atomic mass is 10.0. The molecular weight excluding hydrogens is 336 g/mol. The van der Waals surface area contributed by atoms with Crippen LogP contribution >= 0.6 is 11.6 Å². The van der Waals surface area contributed by atoms with Crippen molar-refractivity contribution in [3.8, 4) is 0 Å². The summed E-state index contributed by atoms with van der Waals surface area (Å²) in [7, 11) is 2.04. The van der Waals surface area contributed by atoms with Gasteiger partial charge in [0.1, 0.15) is 5.82 Å². The van der Waals surface area contributed by atoms with Gasteiger partial charge < -0.3 is 9.80 Å². The molecule has 1 fully saturated rings. The minimum absolute atomic E-state index is 0.408. The van der Waals surface area contributed by atoms with E-state index in [0.29, 0.717) is 17.0 Å². The lowest BCUT2D eigenvalue weighted by molar-refractivity contribution is 0.475. The van der Waals surface area contributed by atoms with Crippen molar-refractivity contribution in [2.75, 3.05) is 29.9 Å². The molecule has 6 nitrogen and oxygen atoms in total. The van der Waals surface area contributed by atoms with Crippen LogP contribution in [0.4, 0.5) is 11.8 Å². The van der Waals surface area contributed by atoms with Crippen molar-refractivity contribution < 1.29 is 0 Å². The number of rotatable bonds is 3. The van der Waals surface area contributed by atoms with Crippen molar-refractivity contribution in [3.63, 3.8) is 0 Å². The van der Waals surface area contributed by atoms with E-state index in [0.717, 1.165) is 42.8 Å². The predicted octanol–water partition coefficient (Wildman–Crippen LogP) is 3.18. The van der Waals surface area contributed by atoms with Crippen molar-refractivity contribution >= 4 is 34.4 Å². The number of nitrogens with zero attached hydrogens (tertiary/aromatic N) is 6. The Morgan fingerprint density at radius 1 is 1.00 bits per heavy atom. The summed E-state index contributed by atoms with van der Waals surface area (Å²) in [6, 6.07) is 8.38. The molecule has 0 saturated carbocycles. The first-order valence-electron chi connectivity index (χ1n) is 8.38. The number of halogens is 1. The van der Waals surface area contributed by atoms with Gasteiger partial charge >= 0.3 is 0 Å². The Morgan fingerprint density at radius 3 is 2.40 bits per heavy atom. The highest BCUT2D eigenvalue weighted by Gasteiger charge is 2.24. The number of fused-ring (bicyclic) bond motifs is 1. The first-order valence-corrected chi connectivity index (χ1v) is 8.75. The summed E-state index contributed by atoms with van der Waals surface area (Å²) in [6.07, 6.45) is 7.20. The Labute approximate surface area is 151 Å². The third-order valence-corrected chi connectivity index (χ3v) is 4.89. The van der Waals surface area contributed by atoms with E-state index < -0.39 is 0 Å². The molecule has 0 atom stereocenters. The van der Waals surface area contributed by atoms with Crippen LogP contribution in [0.1, 0.15) is 12.8 Å². The molecule has 0 aliphatic carbocycles. The van der Waals surface area contributed by atoms with Crippen LogP contribution < -0.4 is 9.80 Å². The molecule has 0 radical (unpaired) electrons. The Hall–Kier alpha value is -2.47. The van der Waals surface area contributed by atoms with E-state index in [1.807, 2.05) is 37.5 Å². The monoisotopic (exact) mass is 354 g/mol. The minimum atomic E-state index is 0.408. The predicted molar refractivity (Wildman–Crippen MR) is 100 cm³/mol. The second-order valence-electron chi connectivity index (χ2n) is 6.25. The minimum Gasteiger partial charge on any atom is -0.355 e. The smallest absolute Gasteiger partial charge is 0.225 e. The van der Waals surface area contributed by atoms with E-state index in [-0.39, 0.29) is 0 Å². The van der Waals surface area contributed by atoms with Gasteiger partial charge in [-0.2, -0.15) is 0 Å². The van der Waals surface area contributed by atoms with Crippen molar-refractivity contribution in [1.29, 1.82) is 0 Å². The van der Waals surface area contributed by atoms with E-state index in [2.05, 4.69) is 24.8 Å². The Kier molecular flexibility index (Phi) is 4.36. The maximum atomic E-state index is 5.87. The molecule has 2 aromatic heterocycles. The summed E-state index contributed by atoms with van der Waals surface area (Å²) in [6.45, 7) is 1.88. The number of benzene rings is 1. The van der Waals surface area contributed by atoms with E-state index in [4.69, 9.17) is 16.6 Å². The normalized spacial score (nSPS) is 15.5. The zero-order valence-corrected chi connectivity index (χ0v) is 14.8. The van der Waals surface area contributed by atoms with Crippen LogP contribution in [0.25, 0.3) is 11.0 Å². The SMILES string of the molecule is CN(c1ncc(Cl)cn1)C1CCN(c2cnc3ccccc3n2)CC1. The lowest BCUT2D eigenvalue weighted by Crippen LogP contribution is -2.44. The zero-order valence-electron chi connectivity index (χ0n) is 14.0. The molecule has 0 spiro atoms. The van der Waals surface area contributed by atoms with Crippen LogP contribution in [0.5, 0.6) is 0 Å². The van der Waals surface area contributed by atoms with E-state index in [1.54, 1.807) is 12.4 Å². The molecular formula is C18H19ClN6. The van der Waals surface area contributed by atoms with Gasteiger partial charge in [-0.25, -0.2) is 15.0 Å². The second-order valence-corrected chi connectivity index (χ2v) is 6.68. The van der Waals surface area contributed by atoms with Gasteiger partial charge in [-0.05, 0) is 25.0 Å². The van der Waals surface area contributed by atoms with Crippen molar-refractivity contribution in [3.05, 3.63) is 47.9 Å². The average Bonchev–Trinajstić information content (AvgIpc) is 2.68. The third-order valence-electron chi connectivity index (χ3n) is 4.69. The maximum Gasteiger partial charge on any atom is 0.225 e. The molecule has 1 saturated heterocycles. The molecule has 7 heteroatoms. The average molecular weight is 355 g/mol. The molecule has 1 aromatic carbocycles. The molecule has 128 valence electrons. The van der Waals surface area contributed by atoms with Gasteiger partial charge in [-0.3, -0.25) is 4.98 Å². The molecule has 25 heavy (non-hydrogen) atoms. The standard InChI is InChI=1S/C18H19ClN6/c1-24(18-21-10-13(19)11-22-18)14-6-8-25(9-7-14)17-12-20-15-4-2-3-5-16(15)23-17/h2-5,10-12,14H,6-9H2,1H3. The summed E-state index contributed by atoms with van der Waals surface area (Å²) in [5.41, 5.74) is 1.87. The number of hydrogen-bond acceptors (Lipinski definition) is 6. The lowest BCUT2D eigenvalue weighted by Gasteiger charge is -2.37. The molecule has 0 N–H and O–H groups in total. The van der Waals surface area contributed by atoms with Gasteiger partial charge in [0.15, 0.2) is 0 Å². The number of para-hydroxylation sites is 2. The van der Waals surface area contributed by atoms with Gasteiger partial charge in [0, 0.05) is 26.2 Å². The van der Waals surface area contributed by atoms with Crippen LogP contribution in [-0.4, -0.2) is 46.1 Å². The topological polar surface area (TPSA) is 58.0 Å². The van der Waals surface area contributed by atoms with Gasteiger partial charge in [0.05, 0.1) is 34.6 Å². The number of piperidine rings is 1. The molecule has 1 aliphatic heterocycles. The van der Waals surface area contributed by atoms with E-state index in [1.165, 1.54) is 0 Å². The van der Waals surface area contributed by atoms with Gasteiger partial charge in [0.25, 0.3) is 0 Å². The second kappa shape index (κ2) is 6.80. The fraction of sp³-hybridized carbons (Fsp3) is 0.333. The van der Waals surface area contributed by atoms with E-state index >= 15 is 0 Å². The molecule has 4 rings (SSSR count). The summed E-state index contributed by atoms with van der Waals surface area (Å²) in [5.74, 6) is 1.66. The largest absolute Gasteiger partial charge is 0.355 e. The molecule has 1 aliphatic rings. The Bertz CT molecular complexity index is 861. The summed E-state index contributed by atoms with van der Waals surface area (Å²) >= 11 is 5.87.